The van der Waals surface area contributed by atoms with Gasteiger partial charge in [-0.3, -0.25) is 4.79 Å². The number of halogens is 1. The number of sulfonamides is 1. The van der Waals surface area contributed by atoms with Gasteiger partial charge in [0.15, 0.2) is 0 Å². The number of carbonyl (C=O) groups excluding carboxylic acids is 1. The molecular weight excluding hydrogens is 501 g/mol. The molecule has 11 heteroatoms. The van der Waals surface area contributed by atoms with Gasteiger partial charge >= 0.3 is 5.97 Å². The van der Waals surface area contributed by atoms with E-state index in [2.05, 4.69) is 9.97 Å². The molecule has 2 rings (SSSR count). The molecule has 2 atom stereocenters. The van der Waals surface area contributed by atoms with Gasteiger partial charge in [-0.1, -0.05) is 38.1 Å². The molecule has 1 heterocycles. The lowest BCUT2D eigenvalue weighted by Gasteiger charge is -2.21. The van der Waals surface area contributed by atoms with Gasteiger partial charge in [0.2, 0.25) is 16.0 Å². The van der Waals surface area contributed by atoms with Crippen LogP contribution >= 0.6 is 0 Å². The molecule has 0 radical (unpaired) electrons. The van der Waals surface area contributed by atoms with Crippen LogP contribution in [0.1, 0.15) is 64.6 Å². The van der Waals surface area contributed by atoms with E-state index >= 15 is 0 Å². The lowest BCUT2D eigenvalue weighted by Crippen LogP contribution is -2.28. The zero-order chi connectivity index (χ0) is 28.1. The van der Waals surface area contributed by atoms with Crippen molar-refractivity contribution < 1.29 is 32.6 Å². The van der Waals surface area contributed by atoms with Crippen LogP contribution in [-0.2, 0) is 19.6 Å². The molecule has 37 heavy (non-hydrogen) atoms. The fourth-order valence-corrected chi connectivity index (χ4v) is 3.83. The summed E-state index contributed by atoms with van der Waals surface area (Å²) in [6.45, 7) is 8.88. The first-order valence-corrected chi connectivity index (χ1v) is 13.7. The quantitative estimate of drug-likeness (QED) is 0.439. The Balaban J connectivity index is 2.46. The molecule has 2 N–H and O–H groups in total. The molecule has 0 saturated heterocycles. The Morgan fingerprint density at radius 3 is 2.41 bits per heavy atom. The molecule has 0 amide bonds. The van der Waals surface area contributed by atoms with Gasteiger partial charge in [-0.15, -0.1) is 0 Å². The van der Waals surface area contributed by atoms with Crippen LogP contribution in [0.15, 0.2) is 30.3 Å². The molecule has 0 saturated carbocycles. The average molecular weight is 538 g/mol. The van der Waals surface area contributed by atoms with Crippen LogP contribution in [0.4, 0.5) is 10.3 Å². The maximum atomic E-state index is 14.1. The second kappa shape index (κ2) is 12.1. The number of ether oxygens (including phenoxy) is 1. The predicted molar refractivity (Wildman–Crippen MR) is 141 cm³/mol. The van der Waals surface area contributed by atoms with Crippen molar-refractivity contribution in [2.45, 2.75) is 71.2 Å². The van der Waals surface area contributed by atoms with Gasteiger partial charge in [-0.25, -0.2) is 27.1 Å². The van der Waals surface area contributed by atoms with Gasteiger partial charge in [0.1, 0.15) is 11.4 Å². The Bertz CT molecular complexity index is 1240. The highest BCUT2D eigenvalue weighted by molar-refractivity contribution is 7.92. The van der Waals surface area contributed by atoms with Crippen LogP contribution in [0.3, 0.4) is 0 Å². The summed E-state index contributed by atoms with van der Waals surface area (Å²) in [4.78, 5) is 20.8. The fourth-order valence-electron chi connectivity index (χ4n) is 3.45. The summed E-state index contributed by atoms with van der Waals surface area (Å²) in [5, 5.41) is 20.8. The number of nitrogens with zero attached hydrogens (tertiary/aromatic N) is 3. The van der Waals surface area contributed by atoms with Gasteiger partial charge in [0.05, 0.1) is 36.3 Å². The highest BCUT2D eigenvalue weighted by Crippen LogP contribution is 2.32. The smallest absolute Gasteiger partial charge is 0.308 e. The van der Waals surface area contributed by atoms with Crippen molar-refractivity contribution in [2.24, 2.45) is 0 Å². The topological polar surface area (TPSA) is 130 Å². The number of anilines is 1. The molecule has 1 aromatic carbocycles. The number of benzene rings is 1. The van der Waals surface area contributed by atoms with Crippen LogP contribution < -0.4 is 4.31 Å². The summed E-state index contributed by atoms with van der Waals surface area (Å²) < 4.78 is 44.5. The number of carbonyl (C=O) groups is 1. The third-order valence-electron chi connectivity index (χ3n) is 5.21. The summed E-state index contributed by atoms with van der Waals surface area (Å²) in [5.74, 6) is -1.33. The summed E-state index contributed by atoms with van der Waals surface area (Å²) >= 11 is 0. The van der Waals surface area contributed by atoms with Crippen LogP contribution in [0.25, 0.3) is 17.3 Å². The third-order valence-corrected chi connectivity index (χ3v) is 6.37. The van der Waals surface area contributed by atoms with E-state index < -0.39 is 39.6 Å². The number of hydrogen-bond acceptors (Lipinski definition) is 8. The number of esters is 1. The standard InChI is InChI=1S/C26H36FN3O6S/c1-16(2)23-21(12-11-19(31)14-20(32)15-22(33)36-26(3,4)5)24(17-9-8-10-18(27)13-17)29-25(28-23)30(6)37(7,34)35/h8-13,16,19-20,31-32H,14-15H2,1-7H3/b12-11+/t19-,20-/m1/s1. The largest absolute Gasteiger partial charge is 0.460 e. The zero-order valence-electron chi connectivity index (χ0n) is 22.3. The first-order valence-electron chi connectivity index (χ1n) is 11.9. The van der Waals surface area contributed by atoms with E-state index in [1.165, 1.54) is 31.3 Å². The van der Waals surface area contributed by atoms with Crippen LogP contribution in [0, 0.1) is 5.82 Å². The van der Waals surface area contributed by atoms with Crippen LogP contribution in [0.5, 0.6) is 0 Å². The van der Waals surface area contributed by atoms with E-state index in [4.69, 9.17) is 4.74 Å². The van der Waals surface area contributed by atoms with Crippen LogP contribution in [-0.4, -0.2) is 65.7 Å². The molecule has 0 fully saturated rings. The Kier molecular flexibility index (Phi) is 9.92. The first kappa shape index (κ1) is 30.3. The maximum Gasteiger partial charge on any atom is 0.308 e. The average Bonchev–Trinajstić information content (AvgIpc) is 2.74. The van der Waals surface area contributed by atoms with Crippen molar-refractivity contribution in [3.63, 3.8) is 0 Å². The maximum absolute atomic E-state index is 14.1. The van der Waals surface area contributed by atoms with Crippen molar-refractivity contribution >= 4 is 28.0 Å². The third kappa shape index (κ3) is 9.17. The van der Waals surface area contributed by atoms with E-state index in [0.717, 1.165) is 10.6 Å². The molecule has 1 aromatic heterocycles. The Morgan fingerprint density at radius 1 is 1.22 bits per heavy atom. The lowest BCUT2D eigenvalue weighted by molar-refractivity contribution is -0.157. The highest BCUT2D eigenvalue weighted by atomic mass is 32.2. The molecule has 0 bridgehead atoms. The molecule has 9 nitrogen and oxygen atoms in total. The summed E-state index contributed by atoms with van der Waals surface area (Å²) in [6.07, 6.45) is 1.34. The fraction of sp³-hybridized carbons (Fsp3) is 0.500. The molecule has 204 valence electrons. The van der Waals surface area contributed by atoms with Gasteiger partial charge in [-0.05, 0) is 38.8 Å². The number of aliphatic hydroxyl groups is 2. The van der Waals surface area contributed by atoms with Crippen LogP contribution in [0.2, 0.25) is 0 Å². The monoisotopic (exact) mass is 537 g/mol. The van der Waals surface area contributed by atoms with E-state index in [-0.39, 0.29) is 30.4 Å². The molecule has 0 aliphatic carbocycles. The van der Waals surface area contributed by atoms with E-state index in [0.29, 0.717) is 16.8 Å². The van der Waals surface area contributed by atoms with Gasteiger partial charge < -0.3 is 14.9 Å². The minimum absolute atomic E-state index is 0.0732. The van der Waals surface area contributed by atoms with Gasteiger partial charge in [0, 0.05) is 24.6 Å². The van der Waals surface area contributed by atoms with E-state index in [9.17, 15) is 27.8 Å². The zero-order valence-corrected chi connectivity index (χ0v) is 23.1. The van der Waals surface area contributed by atoms with Gasteiger partial charge in [0.25, 0.3) is 0 Å². The molecule has 0 unspecified atom stereocenters. The number of aromatic nitrogens is 2. The second-order valence-electron chi connectivity index (χ2n) is 10.2. The minimum Gasteiger partial charge on any atom is -0.460 e. The second-order valence-corrected chi connectivity index (χ2v) is 12.2. The first-order chi connectivity index (χ1) is 17.0. The van der Waals surface area contributed by atoms with Crippen molar-refractivity contribution in [1.82, 2.24) is 9.97 Å². The molecule has 2 aromatic rings. The number of hydrogen-bond donors (Lipinski definition) is 2. The molecular formula is C26H36FN3O6S. The Labute approximate surface area is 218 Å². The van der Waals surface area contributed by atoms with Gasteiger partial charge in [-0.2, -0.15) is 0 Å². The van der Waals surface area contributed by atoms with E-state index in [1.807, 2.05) is 13.8 Å². The Morgan fingerprint density at radius 2 is 1.86 bits per heavy atom. The molecule has 0 spiro atoms. The number of rotatable bonds is 10. The van der Waals surface area contributed by atoms with Crippen molar-refractivity contribution in [2.75, 3.05) is 17.6 Å². The molecule has 0 aliphatic heterocycles. The SMILES string of the molecule is CC(C)c1nc(N(C)S(C)(=O)=O)nc(-c2cccc(F)c2)c1/C=C/[C@@H](O)C[C@@H](O)CC(=O)OC(C)(C)C. The normalized spacial score (nSPS) is 14.1. The highest BCUT2D eigenvalue weighted by Gasteiger charge is 2.23. The Hall–Kier alpha value is -2.89. The summed E-state index contributed by atoms with van der Waals surface area (Å²) in [5.41, 5.74) is 0.935. The molecule has 0 aliphatic rings. The van der Waals surface area contributed by atoms with Crippen molar-refractivity contribution in [3.8, 4) is 11.3 Å². The summed E-state index contributed by atoms with van der Waals surface area (Å²) in [7, 11) is -2.34. The number of aliphatic hydroxyl groups excluding tert-OH is 2. The van der Waals surface area contributed by atoms with Crippen molar-refractivity contribution in [1.29, 1.82) is 0 Å². The van der Waals surface area contributed by atoms with E-state index in [1.54, 1.807) is 32.9 Å². The predicted octanol–water partition coefficient (Wildman–Crippen LogP) is 3.66. The minimum atomic E-state index is -3.67. The van der Waals surface area contributed by atoms with Crippen molar-refractivity contribution in [3.05, 3.63) is 47.4 Å². The summed E-state index contributed by atoms with van der Waals surface area (Å²) in [6, 6.07) is 5.70. The lowest BCUT2D eigenvalue weighted by atomic mass is 9.97.